The summed E-state index contributed by atoms with van der Waals surface area (Å²) < 4.78 is 38.0. The van der Waals surface area contributed by atoms with Crippen LogP contribution in [0.5, 0.6) is 0 Å². The van der Waals surface area contributed by atoms with Crippen LogP contribution in [-0.2, 0) is 6.18 Å². The van der Waals surface area contributed by atoms with Crippen LogP contribution >= 0.6 is 11.3 Å². The molecular formula is C11H10F3NS. The molecule has 2 aromatic rings. The van der Waals surface area contributed by atoms with Crippen molar-refractivity contribution in [2.45, 2.75) is 19.1 Å². The summed E-state index contributed by atoms with van der Waals surface area (Å²) in [5, 5.41) is 0.810. The first-order valence-corrected chi connectivity index (χ1v) is 5.56. The van der Waals surface area contributed by atoms with E-state index in [9.17, 15) is 13.2 Å². The highest BCUT2D eigenvalue weighted by Crippen LogP contribution is 2.35. The van der Waals surface area contributed by atoms with Crippen molar-refractivity contribution >= 4 is 21.4 Å². The Bertz CT molecular complexity index is 513. The van der Waals surface area contributed by atoms with E-state index in [1.807, 2.05) is 13.0 Å². The third kappa shape index (κ3) is 2.05. The second kappa shape index (κ2) is 3.75. The van der Waals surface area contributed by atoms with Crippen LogP contribution in [0.25, 0.3) is 10.1 Å². The van der Waals surface area contributed by atoms with Gasteiger partial charge >= 0.3 is 6.18 Å². The molecular weight excluding hydrogens is 235 g/mol. The average molecular weight is 245 g/mol. The number of benzene rings is 1. The van der Waals surface area contributed by atoms with Gasteiger partial charge in [0.15, 0.2) is 0 Å². The fraction of sp³-hybridized carbons (Fsp3) is 0.273. The molecule has 0 radical (unpaired) electrons. The summed E-state index contributed by atoms with van der Waals surface area (Å²) in [6.45, 7) is 1.81. The fourth-order valence-electron chi connectivity index (χ4n) is 1.45. The molecule has 0 aliphatic heterocycles. The van der Waals surface area contributed by atoms with Gasteiger partial charge in [-0.15, -0.1) is 11.3 Å². The quantitative estimate of drug-likeness (QED) is 0.809. The van der Waals surface area contributed by atoms with Crippen molar-refractivity contribution in [3.63, 3.8) is 0 Å². The molecule has 2 N–H and O–H groups in total. The summed E-state index contributed by atoms with van der Waals surface area (Å²) >= 11 is 1.31. The Kier molecular flexibility index (Phi) is 2.67. The van der Waals surface area contributed by atoms with Gasteiger partial charge in [0.25, 0.3) is 0 Å². The summed E-state index contributed by atoms with van der Waals surface area (Å²) in [5.74, 6) is 0. The van der Waals surface area contributed by atoms with Gasteiger partial charge in [0.1, 0.15) is 0 Å². The SMILES string of the molecule is CC(N)c1cc2ccc(C(F)(F)F)cc2s1. The minimum absolute atomic E-state index is 0.147. The van der Waals surface area contributed by atoms with Crippen molar-refractivity contribution in [1.82, 2.24) is 0 Å². The molecule has 16 heavy (non-hydrogen) atoms. The zero-order valence-corrected chi connectivity index (χ0v) is 9.32. The summed E-state index contributed by atoms with van der Waals surface area (Å²) in [4.78, 5) is 0.898. The van der Waals surface area contributed by atoms with Gasteiger partial charge in [-0.1, -0.05) is 6.07 Å². The molecule has 0 saturated heterocycles. The molecule has 86 valence electrons. The molecule has 0 aliphatic rings. The average Bonchev–Trinajstić information content (AvgIpc) is 2.58. The maximum Gasteiger partial charge on any atom is 0.416 e. The van der Waals surface area contributed by atoms with Crippen molar-refractivity contribution in [1.29, 1.82) is 0 Å². The molecule has 0 bridgehead atoms. The van der Waals surface area contributed by atoms with Crippen LogP contribution in [0.1, 0.15) is 23.4 Å². The molecule has 1 atom stereocenters. The zero-order chi connectivity index (χ0) is 11.9. The summed E-state index contributed by atoms with van der Waals surface area (Å²) in [6.07, 6.45) is -4.29. The minimum atomic E-state index is -4.29. The summed E-state index contributed by atoms with van der Waals surface area (Å²) in [6, 6.07) is 5.45. The lowest BCUT2D eigenvalue weighted by Gasteiger charge is -2.05. The smallest absolute Gasteiger partial charge is 0.324 e. The Hall–Kier alpha value is -1.07. The number of nitrogens with two attached hydrogens (primary N) is 1. The van der Waals surface area contributed by atoms with Crippen molar-refractivity contribution < 1.29 is 13.2 Å². The van der Waals surface area contributed by atoms with Crippen molar-refractivity contribution in [2.24, 2.45) is 5.73 Å². The third-order valence-electron chi connectivity index (χ3n) is 2.32. The third-order valence-corrected chi connectivity index (χ3v) is 3.61. The molecule has 0 spiro atoms. The first-order valence-electron chi connectivity index (χ1n) is 4.74. The summed E-state index contributed by atoms with van der Waals surface area (Å²) in [7, 11) is 0. The number of hydrogen-bond donors (Lipinski definition) is 1. The highest BCUT2D eigenvalue weighted by Gasteiger charge is 2.30. The number of fused-ring (bicyclic) bond motifs is 1. The van der Waals surface area contributed by atoms with E-state index in [-0.39, 0.29) is 6.04 Å². The van der Waals surface area contributed by atoms with E-state index in [1.54, 1.807) is 0 Å². The lowest BCUT2D eigenvalue weighted by Crippen LogP contribution is -2.03. The Morgan fingerprint density at radius 3 is 2.50 bits per heavy atom. The van der Waals surface area contributed by atoms with Gasteiger partial charge in [0.05, 0.1) is 5.56 Å². The standard InChI is InChI=1S/C11H10F3NS/c1-6(15)9-4-7-2-3-8(11(12,13)14)5-10(7)16-9/h2-6H,15H2,1H3. The molecule has 1 unspecified atom stereocenters. The Balaban J connectivity index is 2.54. The number of halogens is 3. The minimum Gasteiger partial charge on any atom is -0.324 e. The largest absolute Gasteiger partial charge is 0.416 e. The highest BCUT2D eigenvalue weighted by molar-refractivity contribution is 7.19. The number of alkyl halides is 3. The van der Waals surface area contributed by atoms with Crippen LogP contribution in [0, 0.1) is 0 Å². The highest BCUT2D eigenvalue weighted by atomic mass is 32.1. The van der Waals surface area contributed by atoms with Gasteiger partial charge in [-0.05, 0) is 30.5 Å². The van der Waals surface area contributed by atoms with Crippen LogP contribution in [-0.4, -0.2) is 0 Å². The van der Waals surface area contributed by atoms with Crippen LogP contribution in [0.3, 0.4) is 0 Å². The van der Waals surface area contributed by atoms with Crippen molar-refractivity contribution in [3.05, 3.63) is 34.7 Å². The van der Waals surface area contributed by atoms with Gasteiger partial charge in [-0.3, -0.25) is 0 Å². The molecule has 0 aliphatic carbocycles. The molecule has 1 aromatic heterocycles. The second-order valence-corrected chi connectivity index (χ2v) is 4.80. The van der Waals surface area contributed by atoms with Crippen molar-refractivity contribution in [2.75, 3.05) is 0 Å². The van der Waals surface area contributed by atoms with Gasteiger partial charge < -0.3 is 5.73 Å². The van der Waals surface area contributed by atoms with E-state index < -0.39 is 11.7 Å². The van der Waals surface area contributed by atoms with E-state index in [1.165, 1.54) is 23.5 Å². The van der Waals surface area contributed by atoms with Crippen LogP contribution < -0.4 is 5.73 Å². The van der Waals surface area contributed by atoms with E-state index >= 15 is 0 Å². The van der Waals surface area contributed by atoms with Gasteiger partial charge in [0.2, 0.25) is 0 Å². The van der Waals surface area contributed by atoms with Gasteiger partial charge in [0, 0.05) is 15.6 Å². The lowest BCUT2D eigenvalue weighted by atomic mass is 10.1. The Morgan fingerprint density at radius 1 is 1.25 bits per heavy atom. The van der Waals surface area contributed by atoms with E-state index in [4.69, 9.17) is 5.73 Å². The Morgan fingerprint density at radius 2 is 1.94 bits per heavy atom. The normalized spacial score (nSPS) is 14.3. The predicted molar refractivity (Wildman–Crippen MR) is 59.4 cm³/mol. The molecule has 1 aromatic carbocycles. The summed E-state index contributed by atoms with van der Waals surface area (Å²) in [5.41, 5.74) is 5.08. The lowest BCUT2D eigenvalue weighted by molar-refractivity contribution is -0.137. The number of rotatable bonds is 1. The molecule has 0 amide bonds. The molecule has 0 fully saturated rings. The fourth-order valence-corrected chi connectivity index (χ4v) is 2.51. The molecule has 1 nitrogen and oxygen atoms in total. The van der Waals surface area contributed by atoms with E-state index in [0.29, 0.717) is 4.70 Å². The molecule has 5 heteroatoms. The molecule has 1 heterocycles. The second-order valence-electron chi connectivity index (χ2n) is 3.69. The molecule has 2 rings (SSSR count). The maximum atomic E-state index is 12.5. The van der Waals surface area contributed by atoms with E-state index in [0.717, 1.165) is 16.3 Å². The van der Waals surface area contributed by atoms with E-state index in [2.05, 4.69) is 0 Å². The zero-order valence-electron chi connectivity index (χ0n) is 8.51. The monoisotopic (exact) mass is 245 g/mol. The maximum absolute atomic E-state index is 12.5. The van der Waals surface area contributed by atoms with Gasteiger partial charge in [-0.2, -0.15) is 13.2 Å². The Labute approximate surface area is 94.7 Å². The van der Waals surface area contributed by atoms with Crippen LogP contribution in [0.4, 0.5) is 13.2 Å². The first kappa shape index (κ1) is 11.4. The number of thiophene rings is 1. The first-order chi connectivity index (χ1) is 7.38. The van der Waals surface area contributed by atoms with Gasteiger partial charge in [-0.25, -0.2) is 0 Å². The van der Waals surface area contributed by atoms with Crippen LogP contribution in [0.15, 0.2) is 24.3 Å². The van der Waals surface area contributed by atoms with Crippen LogP contribution in [0.2, 0.25) is 0 Å². The topological polar surface area (TPSA) is 26.0 Å². The molecule has 0 saturated carbocycles. The number of hydrogen-bond acceptors (Lipinski definition) is 2. The predicted octanol–water partition coefficient (Wildman–Crippen LogP) is 3.94. The van der Waals surface area contributed by atoms with Crippen molar-refractivity contribution in [3.8, 4) is 0 Å².